The first-order chi connectivity index (χ1) is 9.54. The quantitative estimate of drug-likeness (QED) is 0.474. The van der Waals surface area contributed by atoms with Gasteiger partial charge in [-0.2, -0.15) is 0 Å². The van der Waals surface area contributed by atoms with Crippen LogP contribution in [-0.2, 0) is 20.9 Å². The van der Waals surface area contributed by atoms with Gasteiger partial charge < -0.3 is 20.9 Å². The third kappa shape index (κ3) is 4.04. The van der Waals surface area contributed by atoms with Crippen LogP contribution in [0.3, 0.4) is 0 Å². The van der Waals surface area contributed by atoms with E-state index in [0.717, 1.165) is 5.56 Å². The molecule has 1 rings (SSSR count). The Kier molecular flexibility index (Phi) is 6.14. The SMILES string of the molecule is CC(CN)(C(=O)NCCO)C(=O)OCc1ccccc1. The van der Waals surface area contributed by atoms with Gasteiger partial charge in [0.25, 0.3) is 0 Å². The molecule has 0 aliphatic rings. The molecule has 1 unspecified atom stereocenters. The Hall–Kier alpha value is -1.92. The van der Waals surface area contributed by atoms with Crippen LogP contribution in [-0.4, -0.2) is 36.7 Å². The average Bonchev–Trinajstić information content (AvgIpc) is 2.50. The van der Waals surface area contributed by atoms with Crippen LogP contribution >= 0.6 is 0 Å². The van der Waals surface area contributed by atoms with E-state index in [1.807, 2.05) is 30.3 Å². The fourth-order valence-electron chi connectivity index (χ4n) is 1.52. The van der Waals surface area contributed by atoms with Crippen LogP contribution in [0.25, 0.3) is 0 Å². The molecule has 0 spiro atoms. The number of nitrogens with two attached hydrogens (primary N) is 1. The van der Waals surface area contributed by atoms with E-state index < -0.39 is 17.3 Å². The molecule has 0 radical (unpaired) electrons. The van der Waals surface area contributed by atoms with E-state index in [1.165, 1.54) is 6.92 Å². The summed E-state index contributed by atoms with van der Waals surface area (Å²) in [7, 11) is 0. The predicted octanol–water partition coefficient (Wildman–Crippen LogP) is -0.197. The van der Waals surface area contributed by atoms with Gasteiger partial charge in [0.2, 0.25) is 5.91 Å². The lowest BCUT2D eigenvalue weighted by Gasteiger charge is -2.24. The molecule has 4 N–H and O–H groups in total. The largest absolute Gasteiger partial charge is 0.460 e. The van der Waals surface area contributed by atoms with Gasteiger partial charge in [-0.05, 0) is 12.5 Å². The Morgan fingerprint density at radius 3 is 2.55 bits per heavy atom. The third-order valence-corrected chi connectivity index (χ3v) is 2.97. The highest BCUT2D eigenvalue weighted by atomic mass is 16.5. The summed E-state index contributed by atoms with van der Waals surface area (Å²) in [5.41, 5.74) is 4.90. The van der Waals surface area contributed by atoms with Crippen LogP contribution in [0.2, 0.25) is 0 Å². The van der Waals surface area contributed by atoms with E-state index in [2.05, 4.69) is 5.32 Å². The highest BCUT2D eigenvalue weighted by Crippen LogP contribution is 2.18. The summed E-state index contributed by atoms with van der Waals surface area (Å²) in [6, 6.07) is 9.16. The third-order valence-electron chi connectivity index (χ3n) is 2.97. The highest BCUT2D eigenvalue weighted by molar-refractivity contribution is 6.02. The number of carbonyl (C=O) groups is 2. The Bertz CT molecular complexity index is 450. The van der Waals surface area contributed by atoms with Crippen LogP contribution in [0.4, 0.5) is 0 Å². The number of aliphatic hydroxyl groups is 1. The molecule has 0 aliphatic carbocycles. The summed E-state index contributed by atoms with van der Waals surface area (Å²) in [4.78, 5) is 24.0. The fourth-order valence-corrected chi connectivity index (χ4v) is 1.52. The topological polar surface area (TPSA) is 102 Å². The second kappa shape index (κ2) is 7.62. The van der Waals surface area contributed by atoms with Gasteiger partial charge in [-0.3, -0.25) is 9.59 Å². The number of esters is 1. The van der Waals surface area contributed by atoms with Crippen molar-refractivity contribution in [1.82, 2.24) is 5.32 Å². The molecule has 6 heteroatoms. The number of rotatable bonds is 7. The molecular formula is C14H20N2O4. The minimum absolute atomic E-state index is 0.0698. The number of nitrogens with one attached hydrogen (secondary N) is 1. The minimum atomic E-state index is -1.45. The smallest absolute Gasteiger partial charge is 0.323 e. The molecule has 0 aromatic heterocycles. The summed E-state index contributed by atoms with van der Waals surface area (Å²) in [5, 5.41) is 11.1. The van der Waals surface area contributed by atoms with Crippen LogP contribution in [0.5, 0.6) is 0 Å². The van der Waals surface area contributed by atoms with Crippen molar-refractivity contribution in [2.24, 2.45) is 11.1 Å². The summed E-state index contributed by atoms with van der Waals surface area (Å²) in [6.45, 7) is 1.21. The summed E-state index contributed by atoms with van der Waals surface area (Å²) < 4.78 is 5.14. The Balaban J connectivity index is 2.64. The van der Waals surface area contributed by atoms with Gasteiger partial charge in [-0.15, -0.1) is 0 Å². The second-order valence-electron chi connectivity index (χ2n) is 4.58. The van der Waals surface area contributed by atoms with Crippen molar-refractivity contribution in [3.8, 4) is 0 Å². The van der Waals surface area contributed by atoms with Crippen molar-refractivity contribution < 1.29 is 19.4 Å². The van der Waals surface area contributed by atoms with E-state index in [4.69, 9.17) is 15.6 Å². The predicted molar refractivity (Wildman–Crippen MR) is 73.5 cm³/mol. The minimum Gasteiger partial charge on any atom is -0.460 e. The molecule has 0 heterocycles. The van der Waals surface area contributed by atoms with Gasteiger partial charge in [0.15, 0.2) is 5.41 Å². The van der Waals surface area contributed by atoms with E-state index in [9.17, 15) is 9.59 Å². The molecule has 0 fully saturated rings. The van der Waals surface area contributed by atoms with Crippen molar-refractivity contribution in [2.75, 3.05) is 19.7 Å². The first-order valence-corrected chi connectivity index (χ1v) is 6.35. The zero-order valence-corrected chi connectivity index (χ0v) is 11.5. The normalized spacial score (nSPS) is 13.3. The van der Waals surface area contributed by atoms with Gasteiger partial charge in [0.1, 0.15) is 6.61 Å². The lowest BCUT2D eigenvalue weighted by atomic mass is 9.89. The van der Waals surface area contributed by atoms with Gasteiger partial charge in [-0.25, -0.2) is 0 Å². The van der Waals surface area contributed by atoms with Crippen molar-refractivity contribution >= 4 is 11.9 Å². The van der Waals surface area contributed by atoms with Crippen LogP contribution in [0.15, 0.2) is 30.3 Å². The van der Waals surface area contributed by atoms with E-state index in [1.54, 1.807) is 0 Å². The summed E-state index contributed by atoms with van der Waals surface area (Å²) >= 11 is 0. The molecule has 0 aliphatic heterocycles. The molecule has 0 bridgehead atoms. The number of hydrogen-bond donors (Lipinski definition) is 3. The zero-order chi connectivity index (χ0) is 15.0. The summed E-state index contributed by atoms with van der Waals surface area (Å²) in [6.07, 6.45) is 0. The molecule has 0 saturated carbocycles. The molecule has 1 aromatic rings. The molecule has 20 heavy (non-hydrogen) atoms. The van der Waals surface area contributed by atoms with Crippen molar-refractivity contribution in [2.45, 2.75) is 13.5 Å². The fraction of sp³-hybridized carbons (Fsp3) is 0.429. The van der Waals surface area contributed by atoms with Gasteiger partial charge >= 0.3 is 5.97 Å². The number of aliphatic hydroxyl groups excluding tert-OH is 1. The molecule has 1 aromatic carbocycles. The van der Waals surface area contributed by atoms with E-state index in [-0.39, 0.29) is 26.3 Å². The van der Waals surface area contributed by atoms with E-state index in [0.29, 0.717) is 0 Å². The number of benzene rings is 1. The van der Waals surface area contributed by atoms with Crippen LogP contribution < -0.4 is 11.1 Å². The monoisotopic (exact) mass is 280 g/mol. The maximum Gasteiger partial charge on any atom is 0.323 e. The van der Waals surface area contributed by atoms with Crippen molar-refractivity contribution in [3.63, 3.8) is 0 Å². The molecule has 1 amide bonds. The maximum absolute atomic E-state index is 12.0. The number of hydrogen-bond acceptors (Lipinski definition) is 5. The van der Waals surface area contributed by atoms with Gasteiger partial charge in [0, 0.05) is 13.1 Å². The number of amides is 1. The number of carbonyl (C=O) groups excluding carboxylic acids is 2. The number of ether oxygens (including phenoxy) is 1. The first-order valence-electron chi connectivity index (χ1n) is 6.35. The van der Waals surface area contributed by atoms with Crippen molar-refractivity contribution in [1.29, 1.82) is 0 Å². The maximum atomic E-state index is 12.0. The Labute approximate surface area is 117 Å². The summed E-state index contributed by atoms with van der Waals surface area (Å²) in [5.74, 6) is -1.23. The van der Waals surface area contributed by atoms with Crippen LogP contribution in [0, 0.1) is 5.41 Å². The molecule has 1 atom stereocenters. The lowest BCUT2D eigenvalue weighted by molar-refractivity contribution is -0.160. The Morgan fingerprint density at radius 2 is 2.00 bits per heavy atom. The van der Waals surface area contributed by atoms with Crippen LogP contribution in [0.1, 0.15) is 12.5 Å². The molecule has 110 valence electrons. The molecule has 0 saturated heterocycles. The van der Waals surface area contributed by atoms with Crippen molar-refractivity contribution in [3.05, 3.63) is 35.9 Å². The van der Waals surface area contributed by atoms with E-state index >= 15 is 0 Å². The standard InChI is InChI=1S/C14H20N2O4/c1-14(10-15,12(18)16-7-8-17)13(19)20-9-11-5-3-2-4-6-11/h2-6,17H,7-10,15H2,1H3,(H,16,18). The van der Waals surface area contributed by atoms with Gasteiger partial charge in [-0.1, -0.05) is 30.3 Å². The lowest BCUT2D eigenvalue weighted by Crippen LogP contribution is -2.50. The Morgan fingerprint density at radius 1 is 1.35 bits per heavy atom. The highest BCUT2D eigenvalue weighted by Gasteiger charge is 2.41. The second-order valence-corrected chi connectivity index (χ2v) is 4.58. The van der Waals surface area contributed by atoms with Gasteiger partial charge in [0.05, 0.1) is 6.61 Å². The molecule has 6 nitrogen and oxygen atoms in total. The average molecular weight is 280 g/mol. The first kappa shape index (κ1) is 16.1. The zero-order valence-electron chi connectivity index (χ0n) is 11.5. The molecular weight excluding hydrogens is 260 g/mol.